The second-order valence-corrected chi connectivity index (χ2v) is 14.2. The molecular weight excluding hydrogens is 694 g/mol. The van der Waals surface area contributed by atoms with E-state index in [9.17, 15) is 29.4 Å². The molecule has 1 saturated carbocycles. The van der Waals surface area contributed by atoms with E-state index in [1.807, 2.05) is 17.0 Å². The molecular formula is C38H41N9O7. The number of carboxylic acids is 1. The number of piperazine rings is 1. The van der Waals surface area contributed by atoms with Crippen molar-refractivity contribution in [3.63, 3.8) is 0 Å². The number of para-hydroxylation sites is 2. The van der Waals surface area contributed by atoms with Crippen LogP contribution in [0.2, 0.25) is 0 Å². The third-order valence-corrected chi connectivity index (χ3v) is 11.1. The number of benzene rings is 2. The molecule has 1 unspecified atom stereocenters. The maximum Gasteiger partial charge on any atom is 0.323 e. The van der Waals surface area contributed by atoms with Crippen molar-refractivity contribution in [3.05, 3.63) is 66.5 Å². The summed E-state index contributed by atoms with van der Waals surface area (Å²) in [7, 11) is 0. The highest BCUT2D eigenvalue weighted by Gasteiger charge is 2.41. The number of nitrogens with zero attached hydrogens (tertiary/aromatic N) is 8. The van der Waals surface area contributed by atoms with Crippen LogP contribution in [0.3, 0.4) is 0 Å². The highest BCUT2D eigenvalue weighted by Crippen LogP contribution is 2.45. The molecule has 16 heteroatoms. The fourth-order valence-corrected chi connectivity index (χ4v) is 8.36. The summed E-state index contributed by atoms with van der Waals surface area (Å²) in [5, 5.41) is 32.3. The molecule has 2 aromatic carbocycles. The molecule has 1 aliphatic carbocycles. The quantitative estimate of drug-likeness (QED) is 0.223. The van der Waals surface area contributed by atoms with E-state index < -0.39 is 30.4 Å². The minimum absolute atomic E-state index is 0.00912. The van der Waals surface area contributed by atoms with Gasteiger partial charge in [-0.3, -0.25) is 29.0 Å². The number of nitrogen functional groups attached to an aromatic ring is 1. The third-order valence-electron chi connectivity index (χ3n) is 11.1. The Kier molecular flexibility index (Phi) is 9.35. The van der Waals surface area contributed by atoms with Gasteiger partial charge in [-0.2, -0.15) is 5.10 Å². The van der Waals surface area contributed by atoms with Crippen molar-refractivity contribution >= 4 is 40.9 Å². The van der Waals surface area contributed by atoms with Crippen LogP contribution in [0.15, 0.2) is 60.9 Å². The zero-order chi connectivity index (χ0) is 37.5. The summed E-state index contributed by atoms with van der Waals surface area (Å²) in [5.74, 6) is -0.932. The fourth-order valence-electron chi connectivity index (χ4n) is 8.36. The molecule has 2 aromatic heterocycles. The molecule has 4 aliphatic rings. The van der Waals surface area contributed by atoms with Gasteiger partial charge in [0.25, 0.3) is 5.91 Å². The van der Waals surface area contributed by atoms with E-state index in [0.717, 1.165) is 54.1 Å². The number of anilines is 3. The third kappa shape index (κ3) is 6.57. The first-order valence-electron chi connectivity index (χ1n) is 18.3. The molecule has 2 saturated heterocycles. The lowest BCUT2D eigenvalue weighted by Crippen LogP contribution is -2.57. The predicted molar refractivity (Wildman–Crippen MR) is 196 cm³/mol. The number of hydrogen-bond acceptors (Lipinski definition) is 12. The maximum atomic E-state index is 13.5. The highest BCUT2D eigenvalue weighted by atomic mass is 16.5. The Labute approximate surface area is 310 Å². The molecule has 5 heterocycles. The summed E-state index contributed by atoms with van der Waals surface area (Å²) < 4.78 is 7.80. The van der Waals surface area contributed by atoms with Crippen LogP contribution in [-0.4, -0.2) is 115 Å². The summed E-state index contributed by atoms with van der Waals surface area (Å²) in [6.45, 7) is 1.75. The number of phenolic OH excluding ortho intramolecular Hbond substituents is 1. The average molecular weight is 736 g/mol. The number of piperidine rings is 1. The standard InChI is InChI=1S/C38H41N9O7/c39-37-31(18-28(41-42-37)27-4-1-2-7-32(27)48)47-20-25(19-40-47)44-15-14-43(21-34(44)50)24-10-8-23(9-11-24)26-5-3-6-29-36(26)54-17-16-45(29)30-12-13-33(49)46(38(30)53)22-35(51)52/h1-7,18-20,23-24,30,48H,8-17,21-22H2,(H2,39,42)(H,51,52). The number of carbonyl (C=O) groups is 4. The summed E-state index contributed by atoms with van der Waals surface area (Å²) in [5.41, 5.74) is 10.1. The number of aromatic nitrogens is 4. The van der Waals surface area contributed by atoms with Gasteiger partial charge in [0.1, 0.15) is 36.4 Å². The van der Waals surface area contributed by atoms with E-state index >= 15 is 0 Å². The Morgan fingerprint density at radius 1 is 0.926 bits per heavy atom. The fraction of sp³-hybridized carbons (Fsp3) is 0.395. The lowest BCUT2D eigenvalue weighted by molar-refractivity contribution is -0.155. The number of aliphatic carboxylic acids is 1. The van der Waals surface area contributed by atoms with E-state index in [1.54, 1.807) is 52.3 Å². The van der Waals surface area contributed by atoms with Crippen LogP contribution in [-0.2, 0) is 19.2 Å². The van der Waals surface area contributed by atoms with Gasteiger partial charge in [0, 0.05) is 31.1 Å². The minimum Gasteiger partial charge on any atom is -0.507 e. The van der Waals surface area contributed by atoms with Gasteiger partial charge < -0.3 is 30.5 Å². The zero-order valence-corrected chi connectivity index (χ0v) is 29.6. The molecule has 4 aromatic rings. The predicted octanol–water partition coefficient (Wildman–Crippen LogP) is 2.79. The van der Waals surface area contributed by atoms with Gasteiger partial charge >= 0.3 is 5.97 Å². The van der Waals surface area contributed by atoms with Crippen molar-refractivity contribution < 1.29 is 34.1 Å². The van der Waals surface area contributed by atoms with Crippen LogP contribution in [0.1, 0.15) is 50.0 Å². The molecule has 54 heavy (non-hydrogen) atoms. The molecule has 0 bridgehead atoms. The number of amides is 3. The Morgan fingerprint density at radius 2 is 1.74 bits per heavy atom. The van der Waals surface area contributed by atoms with Crippen LogP contribution in [0.25, 0.3) is 16.9 Å². The largest absolute Gasteiger partial charge is 0.507 e. The van der Waals surface area contributed by atoms with Crippen LogP contribution in [0.5, 0.6) is 11.5 Å². The Bertz CT molecular complexity index is 2110. The number of imide groups is 1. The summed E-state index contributed by atoms with van der Waals surface area (Å²) >= 11 is 0. The average Bonchev–Trinajstić information content (AvgIpc) is 3.66. The normalized spacial score (nSPS) is 22.3. The van der Waals surface area contributed by atoms with E-state index in [1.165, 1.54) is 0 Å². The molecule has 16 nitrogen and oxygen atoms in total. The van der Waals surface area contributed by atoms with Gasteiger partial charge in [0.15, 0.2) is 5.82 Å². The van der Waals surface area contributed by atoms with Crippen LogP contribution >= 0.6 is 0 Å². The monoisotopic (exact) mass is 735 g/mol. The van der Waals surface area contributed by atoms with Crippen molar-refractivity contribution in [2.24, 2.45) is 0 Å². The minimum atomic E-state index is -1.22. The van der Waals surface area contributed by atoms with Crippen molar-refractivity contribution in [1.82, 2.24) is 29.8 Å². The number of fused-ring (bicyclic) bond motifs is 1. The van der Waals surface area contributed by atoms with Crippen LogP contribution in [0, 0.1) is 0 Å². The van der Waals surface area contributed by atoms with Gasteiger partial charge in [-0.25, -0.2) is 4.68 Å². The SMILES string of the molecule is Nc1nnc(-c2ccccc2O)cc1-n1cc(N2CCN(C3CCC(c4cccc5c4OCCN5C4CCC(=O)N(CC(=O)O)C4=O)CC3)CC2=O)cn1. The first-order valence-corrected chi connectivity index (χ1v) is 18.3. The Morgan fingerprint density at radius 3 is 2.52 bits per heavy atom. The molecule has 8 rings (SSSR count). The molecule has 280 valence electrons. The summed E-state index contributed by atoms with van der Waals surface area (Å²) in [6.07, 6.45) is 7.50. The lowest BCUT2D eigenvalue weighted by atomic mass is 9.80. The number of ether oxygens (including phenoxy) is 1. The summed E-state index contributed by atoms with van der Waals surface area (Å²) in [4.78, 5) is 57.5. The van der Waals surface area contributed by atoms with Crippen molar-refractivity contribution in [2.45, 2.75) is 56.5 Å². The van der Waals surface area contributed by atoms with Gasteiger partial charge in [-0.05, 0) is 67.9 Å². The Balaban J connectivity index is 0.902. The van der Waals surface area contributed by atoms with E-state index in [2.05, 4.69) is 26.3 Å². The molecule has 0 radical (unpaired) electrons. The molecule has 3 aliphatic heterocycles. The molecule has 3 amide bonds. The number of phenols is 1. The van der Waals surface area contributed by atoms with Gasteiger partial charge in [0.2, 0.25) is 11.8 Å². The second kappa shape index (κ2) is 14.4. The number of rotatable bonds is 8. The van der Waals surface area contributed by atoms with E-state index in [-0.39, 0.29) is 35.9 Å². The maximum absolute atomic E-state index is 13.5. The molecule has 4 N–H and O–H groups in total. The number of carboxylic acid groups (broad SMARTS) is 1. The first-order chi connectivity index (χ1) is 26.2. The van der Waals surface area contributed by atoms with Gasteiger partial charge in [0.05, 0.1) is 42.6 Å². The number of carbonyl (C=O) groups excluding carboxylic acids is 3. The molecule has 0 spiro atoms. The second-order valence-electron chi connectivity index (χ2n) is 14.2. The number of aromatic hydroxyl groups is 1. The number of hydrogen-bond donors (Lipinski definition) is 3. The number of likely N-dealkylation sites (tertiary alicyclic amines) is 1. The van der Waals surface area contributed by atoms with Crippen molar-refractivity contribution in [1.29, 1.82) is 0 Å². The van der Waals surface area contributed by atoms with Gasteiger partial charge in [-0.15, -0.1) is 10.2 Å². The Hall–Kier alpha value is -6.03. The smallest absolute Gasteiger partial charge is 0.323 e. The molecule has 1 atom stereocenters. The zero-order valence-electron chi connectivity index (χ0n) is 29.6. The molecule has 3 fully saturated rings. The van der Waals surface area contributed by atoms with Crippen LogP contribution < -0.4 is 20.3 Å². The number of nitrogens with two attached hydrogens (primary N) is 1. The summed E-state index contributed by atoms with van der Waals surface area (Å²) in [6, 6.07) is 14.2. The van der Waals surface area contributed by atoms with Gasteiger partial charge in [-0.1, -0.05) is 24.3 Å². The van der Waals surface area contributed by atoms with E-state index in [4.69, 9.17) is 10.5 Å². The van der Waals surface area contributed by atoms with Crippen molar-refractivity contribution in [2.75, 3.05) is 54.9 Å². The topological polar surface area (TPSA) is 201 Å². The highest BCUT2D eigenvalue weighted by molar-refractivity contribution is 6.04. The first kappa shape index (κ1) is 35.0. The lowest BCUT2D eigenvalue weighted by Gasteiger charge is -2.43. The van der Waals surface area contributed by atoms with Crippen LogP contribution in [0.4, 0.5) is 17.2 Å². The van der Waals surface area contributed by atoms with Crippen molar-refractivity contribution in [3.8, 4) is 28.4 Å². The van der Waals surface area contributed by atoms with E-state index in [0.29, 0.717) is 55.3 Å².